The molecule has 0 bridgehead atoms. The van der Waals surface area contributed by atoms with Crippen molar-refractivity contribution in [3.8, 4) is 6.07 Å². The van der Waals surface area contributed by atoms with E-state index in [2.05, 4.69) is 16.1 Å². The van der Waals surface area contributed by atoms with Crippen molar-refractivity contribution in [1.82, 2.24) is 0 Å². The lowest BCUT2D eigenvalue weighted by atomic mass is 10.1. The zero-order valence-corrected chi connectivity index (χ0v) is 9.09. The van der Waals surface area contributed by atoms with Crippen LogP contribution in [0.1, 0.15) is 23.1 Å². The lowest BCUT2D eigenvalue weighted by Gasteiger charge is -1.98. The Balaban J connectivity index is 2.65. The van der Waals surface area contributed by atoms with Crippen molar-refractivity contribution in [2.45, 2.75) is 13.3 Å². The van der Waals surface area contributed by atoms with Crippen molar-refractivity contribution in [3.63, 3.8) is 0 Å². The zero-order chi connectivity index (χ0) is 11.8. The van der Waals surface area contributed by atoms with Crippen molar-refractivity contribution in [1.29, 1.82) is 5.26 Å². The predicted molar refractivity (Wildman–Crippen MR) is 63.6 cm³/mol. The molecule has 4 nitrogen and oxygen atoms in total. The number of hydrogen-bond acceptors (Lipinski definition) is 2. The van der Waals surface area contributed by atoms with Crippen molar-refractivity contribution >= 4 is 6.08 Å². The predicted octanol–water partition coefficient (Wildman–Crippen LogP) is 3.58. The molecule has 80 valence electrons. The van der Waals surface area contributed by atoms with Crippen LogP contribution in [-0.2, 0) is 0 Å². The molecule has 0 aliphatic heterocycles. The molecule has 0 amide bonds. The molecule has 0 spiro atoms. The van der Waals surface area contributed by atoms with E-state index in [4.69, 9.17) is 10.8 Å². The van der Waals surface area contributed by atoms with Gasteiger partial charge in [-0.25, -0.2) is 0 Å². The summed E-state index contributed by atoms with van der Waals surface area (Å²) in [5.74, 6) is 0. The van der Waals surface area contributed by atoms with E-state index in [1.807, 2.05) is 37.3 Å². The van der Waals surface area contributed by atoms with Crippen LogP contribution in [0.15, 0.2) is 29.4 Å². The van der Waals surface area contributed by atoms with Gasteiger partial charge in [-0.1, -0.05) is 29.4 Å². The molecule has 0 aliphatic carbocycles. The number of hydrogen-bond donors (Lipinski definition) is 0. The zero-order valence-electron chi connectivity index (χ0n) is 9.09. The molecule has 0 atom stereocenters. The first-order valence-corrected chi connectivity index (χ1v) is 4.96. The lowest BCUT2D eigenvalue weighted by Crippen LogP contribution is -1.83. The molecule has 0 unspecified atom stereocenters. The highest BCUT2D eigenvalue weighted by Gasteiger charge is 1.95. The van der Waals surface area contributed by atoms with Gasteiger partial charge in [0, 0.05) is 11.5 Å². The summed E-state index contributed by atoms with van der Waals surface area (Å²) in [5.41, 5.74) is 10.8. The Bertz CT molecular complexity index is 476. The molecule has 0 heterocycles. The molecule has 0 fully saturated rings. The Labute approximate surface area is 94.5 Å². The first-order chi connectivity index (χ1) is 7.77. The summed E-state index contributed by atoms with van der Waals surface area (Å²) < 4.78 is 0. The van der Waals surface area contributed by atoms with Crippen molar-refractivity contribution in [3.05, 3.63) is 51.4 Å². The summed E-state index contributed by atoms with van der Waals surface area (Å²) >= 11 is 0. The van der Waals surface area contributed by atoms with Crippen LogP contribution in [0, 0.1) is 18.3 Å². The van der Waals surface area contributed by atoms with Gasteiger partial charge in [-0.05, 0) is 36.1 Å². The van der Waals surface area contributed by atoms with Gasteiger partial charge in [-0.15, -0.1) is 0 Å². The summed E-state index contributed by atoms with van der Waals surface area (Å²) in [5, 5.41) is 12.2. The topological polar surface area (TPSA) is 72.6 Å². The van der Waals surface area contributed by atoms with Gasteiger partial charge in [0.1, 0.15) is 0 Å². The number of nitrogens with zero attached hydrogens (tertiary/aromatic N) is 4. The summed E-state index contributed by atoms with van der Waals surface area (Å²) in [6, 6.07) is 7.79. The van der Waals surface area contributed by atoms with E-state index in [1.165, 1.54) is 0 Å². The fourth-order valence-corrected chi connectivity index (χ4v) is 1.31. The minimum Gasteiger partial charge on any atom is -0.192 e. The maximum atomic E-state index is 8.77. The van der Waals surface area contributed by atoms with Gasteiger partial charge in [-0.3, -0.25) is 0 Å². The van der Waals surface area contributed by atoms with Gasteiger partial charge < -0.3 is 0 Å². The molecule has 1 aromatic carbocycles. The maximum Gasteiger partial charge on any atom is 0.0994 e. The molecule has 4 heteroatoms. The van der Waals surface area contributed by atoms with Crippen LogP contribution >= 0.6 is 0 Å². The minimum atomic E-state index is 0.474. The second kappa shape index (κ2) is 6.28. The highest BCUT2D eigenvalue weighted by Crippen LogP contribution is 2.11. The fraction of sp³-hybridized carbons (Fsp3) is 0.250. The third-order valence-corrected chi connectivity index (χ3v) is 2.14. The Morgan fingerprint density at radius 2 is 2.38 bits per heavy atom. The van der Waals surface area contributed by atoms with Crippen LogP contribution < -0.4 is 0 Å². The van der Waals surface area contributed by atoms with E-state index >= 15 is 0 Å². The number of nitriles is 1. The van der Waals surface area contributed by atoms with E-state index in [-0.39, 0.29) is 0 Å². The number of benzene rings is 1. The summed E-state index contributed by atoms with van der Waals surface area (Å²) in [7, 11) is 0. The maximum absolute atomic E-state index is 8.77. The highest BCUT2D eigenvalue weighted by molar-refractivity contribution is 5.53. The van der Waals surface area contributed by atoms with Gasteiger partial charge in [0.05, 0.1) is 11.6 Å². The average Bonchev–Trinajstić information content (AvgIpc) is 2.29. The summed E-state index contributed by atoms with van der Waals surface area (Å²) in [4.78, 5) is 2.67. The Hall–Kier alpha value is -2.24. The van der Waals surface area contributed by atoms with E-state index < -0.39 is 0 Å². The van der Waals surface area contributed by atoms with Crippen LogP contribution in [0.3, 0.4) is 0 Å². The van der Waals surface area contributed by atoms with Crippen LogP contribution in [0.25, 0.3) is 16.5 Å². The quantitative estimate of drug-likeness (QED) is 0.325. The molecule has 0 aliphatic rings. The number of azide groups is 1. The smallest absolute Gasteiger partial charge is 0.0994 e. The molecular weight excluding hydrogens is 200 g/mol. The van der Waals surface area contributed by atoms with Crippen LogP contribution in [-0.4, -0.2) is 6.54 Å². The molecule has 0 saturated heterocycles. The van der Waals surface area contributed by atoms with Crippen molar-refractivity contribution < 1.29 is 0 Å². The summed E-state index contributed by atoms with van der Waals surface area (Å²) in [6.45, 7) is 2.39. The Morgan fingerprint density at radius 3 is 3.00 bits per heavy atom. The molecule has 16 heavy (non-hydrogen) atoms. The first kappa shape index (κ1) is 11.8. The van der Waals surface area contributed by atoms with Crippen LogP contribution in [0.5, 0.6) is 0 Å². The van der Waals surface area contributed by atoms with Gasteiger partial charge in [0.2, 0.25) is 0 Å². The lowest BCUT2D eigenvalue weighted by molar-refractivity contribution is 0.995. The largest absolute Gasteiger partial charge is 0.192 e. The van der Waals surface area contributed by atoms with Gasteiger partial charge >= 0.3 is 0 Å². The van der Waals surface area contributed by atoms with Gasteiger partial charge in [0.25, 0.3) is 0 Å². The standard InChI is InChI=1S/C12H12N4/c1-10-8-11(5-6-12(10)9-13)4-2-3-7-15-16-14/h2,4-6,8H,3,7H2,1H3. The number of rotatable bonds is 4. The summed E-state index contributed by atoms with van der Waals surface area (Å²) in [6.07, 6.45) is 4.64. The second-order valence-corrected chi connectivity index (χ2v) is 3.33. The molecule has 0 N–H and O–H groups in total. The Kier molecular flexibility index (Phi) is 4.65. The molecule has 0 saturated carbocycles. The van der Waals surface area contributed by atoms with E-state index in [1.54, 1.807) is 0 Å². The molecule has 1 aromatic rings. The van der Waals surface area contributed by atoms with Crippen molar-refractivity contribution in [2.24, 2.45) is 5.11 Å². The molecule has 0 aromatic heterocycles. The first-order valence-electron chi connectivity index (χ1n) is 4.96. The highest BCUT2D eigenvalue weighted by atomic mass is 15.1. The molecule has 1 rings (SSSR count). The van der Waals surface area contributed by atoms with Gasteiger partial charge in [-0.2, -0.15) is 5.26 Å². The molecule has 0 radical (unpaired) electrons. The van der Waals surface area contributed by atoms with Crippen LogP contribution in [0.4, 0.5) is 0 Å². The number of aryl methyl sites for hydroxylation is 1. The Morgan fingerprint density at radius 1 is 1.56 bits per heavy atom. The molecular formula is C12H12N4. The third-order valence-electron chi connectivity index (χ3n) is 2.14. The average molecular weight is 212 g/mol. The van der Waals surface area contributed by atoms with Gasteiger partial charge in [0.15, 0.2) is 0 Å². The fourth-order valence-electron chi connectivity index (χ4n) is 1.31. The second-order valence-electron chi connectivity index (χ2n) is 3.33. The monoisotopic (exact) mass is 212 g/mol. The third kappa shape index (κ3) is 3.49. The van der Waals surface area contributed by atoms with E-state index in [0.717, 1.165) is 17.5 Å². The van der Waals surface area contributed by atoms with Crippen LogP contribution in [0.2, 0.25) is 0 Å². The minimum absolute atomic E-state index is 0.474. The normalized spacial score (nSPS) is 9.75. The SMILES string of the molecule is Cc1cc(C=CCCN=[N+]=[N-])ccc1C#N. The van der Waals surface area contributed by atoms with Crippen molar-refractivity contribution in [2.75, 3.05) is 6.54 Å². The van der Waals surface area contributed by atoms with E-state index in [9.17, 15) is 0 Å². The van der Waals surface area contributed by atoms with E-state index in [0.29, 0.717) is 12.1 Å².